The van der Waals surface area contributed by atoms with Crippen molar-refractivity contribution in [3.8, 4) is 0 Å². The summed E-state index contributed by atoms with van der Waals surface area (Å²) in [7, 11) is 0. The Bertz CT molecular complexity index is 1250. The molecule has 2 unspecified atom stereocenters. The summed E-state index contributed by atoms with van der Waals surface area (Å²) in [4.78, 5) is 26.6. The van der Waals surface area contributed by atoms with Gasteiger partial charge in [0.2, 0.25) is 0 Å². The Kier molecular flexibility index (Phi) is 9.01. The van der Waals surface area contributed by atoms with E-state index in [-0.39, 0.29) is 26.1 Å². The first-order chi connectivity index (χ1) is 18.6. The smallest absolute Gasteiger partial charge is 0.425 e. The van der Waals surface area contributed by atoms with Crippen LogP contribution in [0.1, 0.15) is 43.0 Å². The van der Waals surface area contributed by atoms with Crippen molar-refractivity contribution in [1.82, 2.24) is 10.0 Å². The molecule has 0 saturated heterocycles. The number of carbonyl (C=O) groups is 2. The minimum Gasteiger partial charge on any atom is -0.461 e. The van der Waals surface area contributed by atoms with Crippen molar-refractivity contribution < 1.29 is 24.2 Å². The maximum atomic E-state index is 13.4. The molecule has 0 aromatic heterocycles. The average Bonchev–Trinajstić information content (AvgIpc) is 2.93. The van der Waals surface area contributed by atoms with Gasteiger partial charge in [0, 0.05) is 6.54 Å². The third-order valence-electron chi connectivity index (χ3n) is 6.62. The lowest BCUT2D eigenvalue weighted by molar-refractivity contribution is -0.161. The molecule has 1 heterocycles. The number of benzene rings is 3. The Morgan fingerprint density at radius 2 is 1.41 bits per heavy atom. The molecule has 8 nitrogen and oxygen atoms in total. The molecule has 0 saturated carbocycles. The van der Waals surface area contributed by atoms with Gasteiger partial charge in [-0.15, -0.1) is 0 Å². The van der Waals surface area contributed by atoms with Crippen molar-refractivity contribution in [1.29, 1.82) is 0 Å². The van der Waals surface area contributed by atoms with Gasteiger partial charge in [-0.05, 0) is 49.4 Å². The highest BCUT2D eigenvalue weighted by atomic mass is 16.6. The van der Waals surface area contributed by atoms with E-state index >= 15 is 0 Å². The zero-order chi connectivity index (χ0) is 28.0. The number of fused-ring (bicyclic) bond motifs is 1. The lowest BCUT2D eigenvalue weighted by atomic mass is 9.91. The zero-order valence-corrected chi connectivity index (χ0v) is 22.7. The molecule has 4 rings (SSSR count). The van der Waals surface area contributed by atoms with E-state index in [1.165, 1.54) is 5.01 Å². The maximum absolute atomic E-state index is 13.4. The largest absolute Gasteiger partial charge is 0.461 e. The number of carbonyl (C=O) groups excluding carboxylic acids is 2. The van der Waals surface area contributed by atoms with Crippen molar-refractivity contribution in [2.75, 3.05) is 0 Å². The normalized spacial score (nSPS) is 16.1. The summed E-state index contributed by atoms with van der Waals surface area (Å²) >= 11 is 0. The van der Waals surface area contributed by atoms with Gasteiger partial charge in [-0.25, -0.2) is 9.80 Å². The van der Waals surface area contributed by atoms with Gasteiger partial charge in [-0.3, -0.25) is 4.79 Å². The van der Waals surface area contributed by atoms with Crippen LogP contribution in [0.5, 0.6) is 0 Å². The molecule has 3 aromatic carbocycles. The number of amides is 1. The fraction of sp³-hybridized carbons (Fsp3) is 0.355. The molecule has 0 radical (unpaired) electrons. The summed E-state index contributed by atoms with van der Waals surface area (Å²) in [5, 5.41) is 14.6. The molecular formula is C31H37N3O5. The molecule has 1 aliphatic rings. The zero-order valence-electron chi connectivity index (χ0n) is 22.7. The van der Waals surface area contributed by atoms with Gasteiger partial charge >= 0.3 is 12.1 Å². The summed E-state index contributed by atoms with van der Waals surface area (Å²) in [6, 6.07) is 26.5. The maximum Gasteiger partial charge on any atom is 0.425 e. The van der Waals surface area contributed by atoms with Crippen LogP contribution in [-0.4, -0.2) is 45.1 Å². The van der Waals surface area contributed by atoms with Crippen LogP contribution in [0.4, 0.5) is 4.79 Å². The van der Waals surface area contributed by atoms with Crippen molar-refractivity contribution >= 4 is 12.1 Å². The molecule has 0 spiro atoms. The Morgan fingerprint density at radius 1 is 0.872 bits per heavy atom. The van der Waals surface area contributed by atoms with Gasteiger partial charge in [0.05, 0.1) is 18.6 Å². The van der Waals surface area contributed by atoms with E-state index < -0.39 is 35.9 Å². The minimum absolute atomic E-state index is 0.0774. The number of aliphatic hydroxyl groups is 1. The Balaban J connectivity index is 1.60. The standard InChI is InChI=1S/C31H37N3O5/c1-31(2,3)39-30(37)34-20-25-17-11-10-16-24(25)19-33(34)28(32)27(35)26(18-22-12-6-4-7-13-22)29(36)38-21-23-14-8-5-9-15-23/h4-17,26-28,35H,18-21,32H2,1-3H3/t26-,27?,28?/m0/s1. The van der Waals surface area contributed by atoms with Gasteiger partial charge in [-0.1, -0.05) is 84.9 Å². The summed E-state index contributed by atoms with van der Waals surface area (Å²) in [6.45, 7) is 5.95. The number of hydrogen-bond donors (Lipinski definition) is 2. The molecule has 3 atom stereocenters. The Morgan fingerprint density at radius 3 is 2.00 bits per heavy atom. The SMILES string of the molecule is CC(C)(C)OC(=O)N1Cc2ccccc2CN1C(N)C(O)[C@H](Cc1ccccc1)C(=O)OCc1ccccc1. The van der Waals surface area contributed by atoms with Crippen molar-refractivity contribution in [2.24, 2.45) is 11.7 Å². The van der Waals surface area contributed by atoms with E-state index in [9.17, 15) is 14.7 Å². The molecule has 0 bridgehead atoms. The van der Waals surface area contributed by atoms with Crippen LogP contribution in [-0.2, 0) is 40.4 Å². The van der Waals surface area contributed by atoms with Crippen molar-refractivity contribution in [3.63, 3.8) is 0 Å². The quantitative estimate of drug-likeness (QED) is 0.415. The number of hydrogen-bond acceptors (Lipinski definition) is 7. The van der Waals surface area contributed by atoms with E-state index in [4.69, 9.17) is 15.2 Å². The van der Waals surface area contributed by atoms with E-state index in [1.807, 2.05) is 84.9 Å². The van der Waals surface area contributed by atoms with Crippen LogP contribution in [0.25, 0.3) is 0 Å². The first kappa shape index (κ1) is 28.3. The van der Waals surface area contributed by atoms with Gasteiger partial charge in [0.15, 0.2) is 0 Å². The van der Waals surface area contributed by atoms with Crippen molar-refractivity contribution in [2.45, 2.75) is 64.8 Å². The number of esters is 1. The van der Waals surface area contributed by atoms with Gasteiger partial charge < -0.3 is 20.3 Å². The highest BCUT2D eigenvalue weighted by Gasteiger charge is 2.41. The first-order valence-corrected chi connectivity index (χ1v) is 13.1. The fourth-order valence-electron chi connectivity index (χ4n) is 4.59. The highest BCUT2D eigenvalue weighted by molar-refractivity contribution is 5.74. The summed E-state index contributed by atoms with van der Waals surface area (Å²) in [5.74, 6) is -1.53. The molecule has 1 amide bonds. The average molecular weight is 532 g/mol. The number of ether oxygens (including phenoxy) is 2. The monoisotopic (exact) mass is 531 g/mol. The molecule has 0 aliphatic carbocycles. The Labute approximate surface area is 229 Å². The van der Waals surface area contributed by atoms with Gasteiger partial charge in [0.25, 0.3) is 0 Å². The van der Waals surface area contributed by atoms with Crippen molar-refractivity contribution in [3.05, 3.63) is 107 Å². The van der Waals surface area contributed by atoms with Crippen LogP contribution >= 0.6 is 0 Å². The first-order valence-electron chi connectivity index (χ1n) is 13.1. The third kappa shape index (κ3) is 7.44. The fourth-order valence-corrected chi connectivity index (χ4v) is 4.59. The molecule has 8 heteroatoms. The summed E-state index contributed by atoms with van der Waals surface area (Å²) in [6.07, 6.45) is -2.79. The number of hydrazine groups is 1. The van der Waals surface area contributed by atoms with E-state index in [2.05, 4.69) is 0 Å². The second-order valence-electron chi connectivity index (χ2n) is 10.8. The second-order valence-corrected chi connectivity index (χ2v) is 10.8. The lowest BCUT2D eigenvalue weighted by Crippen LogP contribution is -2.62. The highest BCUT2D eigenvalue weighted by Crippen LogP contribution is 2.28. The van der Waals surface area contributed by atoms with Crippen LogP contribution in [0, 0.1) is 5.92 Å². The van der Waals surface area contributed by atoms with Gasteiger partial charge in [-0.2, -0.15) is 5.01 Å². The van der Waals surface area contributed by atoms with Crippen LogP contribution in [0.15, 0.2) is 84.9 Å². The number of aliphatic hydroxyl groups excluding tert-OH is 1. The molecule has 39 heavy (non-hydrogen) atoms. The number of rotatable bonds is 8. The summed E-state index contributed by atoms with van der Waals surface area (Å²) < 4.78 is 11.3. The molecular weight excluding hydrogens is 494 g/mol. The third-order valence-corrected chi connectivity index (χ3v) is 6.62. The second kappa shape index (κ2) is 12.4. The van der Waals surface area contributed by atoms with Crippen LogP contribution < -0.4 is 5.73 Å². The topological polar surface area (TPSA) is 105 Å². The van der Waals surface area contributed by atoms with Gasteiger partial charge in [0.1, 0.15) is 18.4 Å². The molecule has 206 valence electrons. The van der Waals surface area contributed by atoms with E-state index in [0.717, 1.165) is 22.3 Å². The van der Waals surface area contributed by atoms with E-state index in [1.54, 1.807) is 25.8 Å². The van der Waals surface area contributed by atoms with Crippen LogP contribution in [0.3, 0.4) is 0 Å². The predicted molar refractivity (Wildman–Crippen MR) is 148 cm³/mol. The number of nitrogens with zero attached hydrogens (tertiary/aromatic N) is 2. The van der Waals surface area contributed by atoms with Crippen LogP contribution in [0.2, 0.25) is 0 Å². The lowest BCUT2D eigenvalue weighted by Gasteiger charge is -2.44. The molecule has 1 aliphatic heterocycles. The summed E-state index contributed by atoms with van der Waals surface area (Å²) in [5.41, 5.74) is 9.58. The predicted octanol–water partition coefficient (Wildman–Crippen LogP) is 4.40. The number of nitrogens with two attached hydrogens (primary N) is 1. The Hall–Kier alpha value is -3.72. The molecule has 3 N–H and O–H groups in total. The van der Waals surface area contributed by atoms with E-state index in [0.29, 0.717) is 0 Å². The molecule has 3 aromatic rings. The molecule has 0 fully saturated rings. The minimum atomic E-state index is -1.34.